The molecule has 0 radical (unpaired) electrons. The number of hydrogen-bond donors (Lipinski definition) is 1. The molecule has 1 aromatic carbocycles. The molecule has 0 aliphatic carbocycles. The predicted octanol–water partition coefficient (Wildman–Crippen LogP) is 7.40. The Morgan fingerprint density at radius 2 is 1.39 bits per heavy atom. The molecule has 8 bridgehead atoms. The van der Waals surface area contributed by atoms with Crippen molar-refractivity contribution in [3.05, 3.63) is 95.1 Å². The van der Waals surface area contributed by atoms with Crippen molar-refractivity contribution >= 4 is 45.9 Å². The van der Waals surface area contributed by atoms with Gasteiger partial charge in [0, 0.05) is 37.7 Å². The number of nitrogens with zero attached hydrogens (tertiary/aromatic N) is 3. The largest absolute Gasteiger partial charge is 0.355 e. The van der Waals surface area contributed by atoms with Gasteiger partial charge in [0.2, 0.25) is 0 Å². The third-order valence-corrected chi connectivity index (χ3v) is 5.72. The molecule has 0 saturated carbocycles. The van der Waals surface area contributed by atoms with Gasteiger partial charge in [0.15, 0.2) is 23.3 Å². The van der Waals surface area contributed by atoms with E-state index in [1.165, 1.54) is 24.3 Å². The zero-order valence-corrected chi connectivity index (χ0v) is 20.2. The van der Waals surface area contributed by atoms with Gasteiger partial charge in [-0.3, -0.25) is 0 Å². The summed E-state index contributed by atoms with van der Waals surface area (Å²) in [5.74, 6) is -6.05. The van der Waals surface area contributed by atoms with Crippen molar-refractivity contribution in [1.82, 2.24) is 19.7 Å². The molecule has 2 aliphatic heterocycles. The quantitative estimate of drug-likeness (QED) is 0.189. The van der Waals surface area contributed by atoms with E-state index >= 15 is 13.3 Å². The Hall–Kier alpha value is -3.84. The summed E-state index contributed by atoms with van der Waals surface area (Å²) >= 11 is 0. The molecule has 0 atom stereocenters. The molecule has 6 rings (SSSR count). The molecule has 36 heavy (non-hydrogen) atoms. The summed E-state index contributed by atoms with van der Waals surface area (Å²) in [5, 5.41) is 0. The van der Waals surface area contributed by atoms with Crippen molar-refractivity contribution in [2.24, 2.45) is 0 Å². The minimum absolute atomic E-state index is 0. The summed E-state index contributed by atoms with van der Waals surface area (Å²) in [6.45, 7) is 0. The van der Waals surface area contributed by atoms with Crippen LogP contribution >= 0.6 is 0 Å². The fourth-order valence-corrected chi connectivity index (χ4v) is 4.11. The van der Waals surface area contributed by atoms with E-state index in [1.54, 1.807) is 48.6 Å². The normalized spacial score (nSPS) is 12.7. The SMILES string of the molecule is FC1=C(F)c2nc1cc1ccc(cc3nc(cc4c(-c5ccccc5)c(F)c(c2F)n4F)C=C3)[nH]1.[Pt]. The Labute approximate surface area is 214 Å². The number of fused-ring (bicyclic) bond motifs is 8. The maximum absolute atomic E-state index is 15.6. The van der Waals surface area contributed by atoms with Crippen LogP contribution in [0.3, 0.4) is 0 Å². The van der Waals surface area contributed by atoms with Crippen molar-refractivity contribution in [2.45, 2.75) is 0 Å². The van der Waals surface area contributed by atoms with Gasteiger partial charge in [-0.25, -0.2) is 27.5 Å². The second kappa shape index (κ2) is 8.99. The number of nitrogens with one attached hydrogen (secondary N) is 1. The maximum Gasteiger partial charge on any atom is 0.189 e. The van der Waals surface area contributed by atoms with Gasteiger partial charge in [0.1, 0.15) is 16.9 Å². The summed E-state index contributed by atoms with van der Waals surface area (Å²) in [4.78, 5) is 10.8. The van der Waals surface area contributed by atoms with Crippen LogP contribution in [-0.2, 0) is 21.1 Å². The smallest absolute Gasteiger partial charge is 0.189 e. The zero-order valence-electron chi connectivity index (χ0n) is 18.0. The first-order valence-corrected chi connectivity index (χ1v) is 10.5. The number of halogens is 5. The second-order valence-corrected chi connectivity index (χ2v) is 7.95. The van der Waals surface area contributed by atoms with Gasteiger partial charge in [-0.05, 0) is 48.0 Å². The van der Waals surface area contributed by atoms with Crippen LogP contribution in [0.25, 0.3) is 57.0 Å². The van der Waals surface area contributed by atoms with Gasteiger partial charge in [0.25, 0.3) is 0 Å². The van der Waals surface area contributed by atoms with E-state index in [-0.39, 0.29) is 48.2 Å². The molecule has 10 heteroatoms. The monoisotopic (exact) mass is 671 g/mol. The fourth-order valence-electron chi connectivity index (χ4n) is 4.11. The molecule has 0 unspecified atom stereocenters. The number of rotatable bonds is 1. The molecular weight excluding hydrogens is 658 g/mol. The summed E-state index contributed by atoms with van der Waals surface area (Å²) in [5.41, 5.74) is -1.44. The number of aromatic nitrogens is 4. The Bertz CT molecular complexity index is 1750. The molecule has 1 N–H and O–H groups in total. The van der Waals surface area contributed by atoms with Gasteiger partial charge in [-0.15, -0.1) is 0 Å². The molecule has 182 valence electrons. The van der Waals surface area contributed by atoms with Crippen molar-refractivity contribution in [3.63, 3.8) is 0 Å². The summed E-state index contributed by atoms with van der Waals surface area (Å²) in [7, 11) is 0. The first kappa shape index (κ1) is 23.9. The molecule has 3 aromatic heterocycles. The molecule has 0 saturated heterocycles. The van der Waals surface area contributed by atoms with Gasteiger partial charge < -0.3 is 4.98 Å². The van der Waals surface area contributed by atoms with E-state index in [4.69, 9.17) is 0 Å². The molecule has 4 aromatic rings. The van der Waals surface area contributed by atoms with Crippen molar-refractivity contribution in [1.29, 1.82) is 0 Å². The van der Waals surface area contributed by atoms with Crippen LogP contribution in [0.1, 0.15) is 22.8 Å². The van der Waals surface area contributed by atoms with Crippen LogP contribution in [0.4, 0.5) is 22.0 Å². The number of aromatic amines is 1. The van der Waals surface area contributed by atoms with Crippen LogP contribution in [0, 0.1) is 11.6 Å². The Kier molecular flexibility index (Phi) is 5.96. The van der Waals surface area contributed by atoms with Gasteiger partial charge >= 0.3 is 0 Å². The van der Waals surface area contributed by atoms with E-state index in [9.17, 15) is 8.78 Å². The molecule has 5 heterocycles. The zero-order chi connectivity index (χ0) is 24.3. The van der Waals surface area contributed by atoms with Gasteiger partial charge in [-0.1, -0.05) is 34.8 Å². The number of H-pyrrole nitrogens is 1. The second-order valence-electron chi connectivity index (χ2n) is 7.95. The molecule has 2 aliphatic rings. The van der Waals surface area contributed by atoms with Crippen LogP contribution in [0.15, 0.2) is 60.7 Å². The number of hydrogen-bond acceptors (Lipinski definition) is 2. The maximum atomic E-state index is 15.6. The number of benzene rings is 1. The fraction of sp³-hybridized carbons (Fsp3) is 0. The summed E-state index contributed by atoms with van der Waals surface area (Å²) < 4.78 is 75.9. The van der Waals surface area contributed by atoms with Gasteiger partial charge in [-0.2, -0.15) is 4.79 Å². The Balaban J connectivity index is 0.00000267. The van der Waals surface area contributed by atoms with E-state index < -0.39 is 40.2 Å². The first-order chi connectivity index (χ1) is 16.9. The average molecular weight is 671 g/mol. The van der Waals surface area contributed by atoms with E-state index in [0.717, 1.165) is 0 Å². The van der Waals surface area contributed by atoms with Crippen LogP contribution < -0.4 is 0 Å². The first-order valence-electron chi connectivity index (χ1n) is 10.5. The topological polar surface area (TPSA) is 46.5 Å². The van der Waals surface area contributed by atoms with Crippen molar-refractivity contribution < 1.29 is 43.1 Å². The Morgan fingerprint density at radius 1 is 0.722 bits per heavy atom. The molecule has 4 nitrogen and oxygen atoms in total. The van der Waals surface area contributed by atoms with Crippen LogP contribution in [-0.4, -0.2) is 19.7 Å². The molecule has 0 fully saturated rings. The van der Waals surface area contributed by atoms with Crippen molar-refractivity contribution in [2.75, 3.05) is 0 Å². The van der Waals surface area contributed by atoms with Gasteiger partial charge in [0.05, 0.1) is 16.9 Å². The third-order valence-electron chi connectivity index (χ3n) is 5.72. The Morgan fingerprint density at radius 3 is 2.11 bits per heavy atom. The summed E-state index contributed by atoms with van der Waals surface area (Å²) in [6.07, 6.45) is 3.27. The molecule has 0 spiro atoms. The average Bonchev–Trinajstić information content (AvgIpc) is 3.60. The minimum Gasteiger partial charge on any atom is -0.355 e. The van der Waals surface area contributed by atoms with Crippen LogP contribution in [0.2, 0.25) is 0 Å². The molecular formula is C26H13F5N4Pt. The minimum atomic E-state index is -1.68. The molecule has 0 amide bonds. The van der Waals surface area contributed by atoms with E-state index in [2.05, 4.69) is 15.0 Å². The predicted molar refractivity (Wildman–Crippen MR) is 124 cm³/mol. The van der Waals surface area contributed by atoms with Crippen molar-refractivity contribution in [3.8, 4) is 11.1 Å². The van der Waals surface area contributed by atoms with E-state index in [0.29, 0.717) is 16.7 Å². The summed E-state index contributed by atoms with van der Waals surface area (Å²) in [6, 6.07) is 15.3. The standard InChI is InChI=1S/C26H13F5N4.Pt/c27-21-18-11-16-8-6-14(32-16)10-15-7-9-17(33-15)12-19-20(13-4-2-1-3-5-13)22(28)26(35(19)31)24(30)25(34-18)23(21)29;/h1-12,32H;. The third kappa shape index (κ3) is 3.80. The van der Waals surface area contributed by atoms with Crippen LogP contribution in [0.5, 0.6) is 0 Å². The van der Waals surface area contributed by atoms with E-state index in [1.807, 2.05) is 0 Å².